The zero-order valence-corrected chi connectivity index (χ0v) is 16.6. The molecule has 6 nitrogen and oxygen atoms in total. The third kappa shape index (κ3) is 4.27. The second-order valence-electron chi connectivity index (χ2n) is 6.97. The molecule has 1 heterocycles. The molecule has 1 aliphatic heterocycles. The lowest BCUT2D eigenvalue weighted by molar-refractivity contribution is -0.123. The van der Waals surface area contributed by atoms with Gasteiger partial charge in [-0.1, -0.05) is 42.5 Å². The van der Waals surface area contributed by atoms with Gasteiger partial charge in [-0.05, 0) is 35.9 Å². The molecule has 0 bridgehead atoms. The van der Waals surface area contributed by atoms with Crippen LogP contribution in [0.5, 0.6) is 11.5 Å². The first-order valence-corrected chi connectivity index (χ1v) is 9.67. The van der Waals surface area contributed by atoms with Crippen molar-refractivity contribution in [3.05, 3.63) is 83.9 Å². The molecule has 0 aromatic heterocycles. The van der Waals surface area contributed by atoms with Crippen molar-refractivity contribution in [2.45, 2.75) is 6.42 Å². The minimum atomic E-state index is -0.282. The summed E-state index contributed by atoms with van der Waals surface area (Å²) >= 11 is 0. The molecule has 152 valence electrons. The molecule has 0 saturated heterocycles. The zero-order valence-electron chi connectivity index (χ0n) is 16.6. The van der Waals surface area contributed by atoms with Gasteiger partial charge in [-0.3, -0.25) is 14.5 Å². The van der Waals surface area contributed by atoms with E-state index in [1.54, 1.807) is 25.3 Å². The predicted octanol–water partition coefficient (Wildman–Crippen LogP) is 3.65. The summed E-state index contributed by atoms with van der Waals surface area (Å²) in [5, 5.41) is 2.89. The van der Waals surface area contributed by atoms with Gasteiger partial charge in [-0.2, -0.15) is 0 Å². The molecular weight excluding hydrogens is 380 g/mol. The van der Waals surface area contributed by atoms with Crippen molar-refractivity contribution in [1.29, 1.82) is 0 Å². The van der Waals surface area contributed by atoms with Crippen LogP contribution in [0.3, 0.4) is 0 Å². The van der Waals surface area contributed by atoms with E-state index in [-0.39, 0.29) is 25.0 Å². The van der Waals surface area contributed by atoms with Crippen molar-refractivity contribution >= 4 is 23.2 Å². The lowest BCUT2D eigenvalue weighted by Gasteiger charge is -2.28. The Labute approximate surface area is 175 Å². The van der Waals surface area contributed by atoms with Crippen LogP contribution in [-0.4, -0.2) is 32.1 Å². The van der Waals surface area contributed by atoms with E-state index in [1.807, 2.05) is 54.6 Å². The Balaban J connectivity index is 1.50. The van der Waals surface area contributed by atoms with Gasteiger partial charge in [-0.15, -0.1) is 0 Å². The fraction of sp³-hybridized carbons (Fsp3) is 0.167. The monoisotopic (exact) mass is 402 g/mol. The summed E-state index contributed by atoms with van der Waals surface area (Å²) in [7, 11) is 1.63. The smallest absolute Gasteiger partial charge is 0.265 e. The van der Waals surface area contributed by atoms with E-state index in [0.29, 0.717) is 23.5 Å². The van der Waals surface area contributed by atoms with Crippen molar-refractivity contribution in [3.8, 4) is 11.5 Å². The molecule has 4 rings (SSSR count). The van der Waals surface area contributed by atoms with Crippen LogP contribution in [0.4, 0.5) is 11.4 Å². The SMILES string of the molecule is COc1ccc(NC(=O)CN2C(=O)COc3ccccc32)cc1Cc1ccccc1. The van der Waals surface area contributed by atoms with Crippen LogP contribution in [0.1, 0.15) is 11.1 Å². The lowest BCUT2D eigenvalue weighted by Crippen LogP contribution is -2.43. The molecule has 0 fully saturated rings. The highest BCUT2D eigenvalue weighted by molar-refractivity contribution is 6.05. The van der Waals surface area contributed by atoms with Crippen LogP contribution in [0.25, 0.3) is 0 Å². The Hall–Kier alpha value is -3.80. The average Bonchev–Trinajstić information content (AvgIpc) is 2.77. The van der Waals surface area contributed by atoms with Crippen LogP contribution in [-0.2, 0) is 16.0 Å². The molecule has 1 aliphatic rings. The number of methoxy groups -OCH3 is 1. The van der Waals surface area contributed by atoms with E-state index in [2.05, 4.69) is 5.32 Å². The number of carbonyl (C=O) groups excluding carboxylic acids is 2. The van der Waals surface area contributed by atoms with Gasteiger partial charge in [0, 0.05) is 17.7 Å². The number of anilines is 2. The summed E-state index contributed by atoms with van der Waals surface area (Å²) in [6, 6.07) is 22.8. The third-order valence-corrected chi connectivity index (χ3v) is 4.91. The largest absolute Gasteiger partial charge is 0.496 e. The van der Waals surface area contributed by atoms with Crippen molar-refractivity contribution < 1.29 is 19.1 Å². The predicted molar refractivity (Wildman–Crippen MR) is 115 cm³/mol. The van der Waals surface area contributed by atoms with Crippen LogP contribution in [0, 0.1) is 0 Å². The number of para-hydroxylation sites is 2. The molecule has 0 unspecified atom stereocenters. The van der Waals surface area contributed by atoms with Crippen LogP contribution in [0.15, 0.2) is 72.8 Å². The minimum Gasteiger partial charge on any atom is -0.496 e. The molecular formula is C24H22N2O4. The average molecular weight is 402 g/mol. The fourth-order valence-electron chi connectivity index (χ4n) is 3.48. The number of fused-ring (bicyclic) bond motifs is 1. The number of amides is 2. The van der Waals surface area contributed by atoms with Crippen molar-refractivity contribution in [2.24, 2.45) is 0 Å². The standard InChI is InChI=1S/C24H22N2O4/c1-29-21-12-11-19(14-18(21)13-17-7-3-2-4-8-17)25-23(27)15-26-20-9-5-6-10-22(20)30-16-24(26)28/h2-12,14H,13,15-16H2,1H3,(H,25,27). The van der Waals surface area contributed by atoms with Crippen molar-refractivity contribution in [3.63, 3.8) is 0 Å². The Kier molecular flexibility index (Phi) is 5.66. The molecule has 1 N–H and O–H groups in total. The summed E-state index contributed by atoms with van der Waals surface area (Å²) in [5.41, 5.74) is 3.37. The van der Waals surface area contributed by atoms with Gasteiger partial charge < -0.3 is 14.8 Å². The third-order valence-electron chi connectivity index (χ3n) is 4.91. The molecule has 0 atom stereocenters. The minimum absolute atomic E-state index is 0.0753. The first kappa shape index (κ1) is 19.5. The van der Waals surface area contributed by atoms with Gasteiger partial charge in [0.05, 0.1) is 12.8 Å². The maximum Gasteiger partial charge on any atom is 0.265 e. The summed E-state index contributed by atoms with van der Waals surface area (Å²) in [5.74, 6) is 0.827. The van der Waals surface area contributed by atoms with Gasteiger partial charge in [-0.25, -0.2) is 0 Å². The summed E-state index contributed by atoms with van der Waals surface area (Å²) in [4.78, 5) is 26.4. The van der Waals surface area contributed by atoms with Crippen molar-refractivity contribution in [2.75, 3.05) is 30.5 Å². The van der Waals surface area contributed by atoms with Crippen LogP contribution >= 0.6 is 0 Å². The number of ether oxygens (including phenoxy) is 2. The molecule has 3 aromatic rings. The molecule has 0 radical (unpaired) electrons. The van der Waals surface area contributed by atoms with E-state index in [9.17, 15) is 9.59 Å². The number of benzene rings is 3. The highest BCUT2D eigenvalue weighted by Crippen LogP contribution is 2.31. The van der Waals surface area contributed by atoms with Gasteiger partial charge in [0.2, 0.25) is 5.91 Å². The maximum atomic E-state index is 12.7. The van der Waals surface area contributed by atoms with Gasteiger partial charge in [0.15, 0.2) is 6.61 Å². The van der Waals surface area contributed by atoms with E-state index < -0.39 is 0 Å². The number of nitrogens with zero attached hydrogens (tertiary/aromatic N) is 1. The first-order chi connectivity index (χ1) is 14.6. The number of hydrogen-bond acceptors (Lipinski definition) is 4. The van der Waals surface area contributed by atoms with E-state index in [0.717, 1.165) is 16.9 Å². The number of hydrogen-bond donors (Lipinski definition) is 1. The van der Waals surface area contributed by atoms with E-state index in [1.165, 1.54) is 4.90 Å². The summed E-state index contributed by atoms with van der Waals surface area (Å²) in [6.45, 7) is -0.159. The molecule has 6 heteroatoms. The fourth-order valence-corrected chi connectivity index (χ4v) is 3.48. The highest BCUT2D eigenvalue weighted by atomic mass is 16.5. The van der Waals surface area contributed by atoms with Crippen molar-refractivity contribution in [1.82, 2.24) is 0 Å². The Morgan fingerprint density at radius 1 is 1.07 bits per heavy atom. The lowest BCUT2D eigenvalue weighted by atomic mass is 10.0. The Bertz CT molecular complexity index is 1070. The van der Waals surface area contributed by atoms with Gasteiger partial charge in [0.25, 0.3) is 5.91 Å². The first-order valence-electron chi connectivity index (χ1n) is 9.67. The number of rotatable bonds is 6. The Morgan fingerprint density at radius 2 is 1.83 bits per heavy atom. The molecule has 0 saturated carbocycles. The molecule has 30 heavy (non-hydrogen) atoms. The maximum absolute atomic E-state index is 12.7. The molecule has 2 amide bonds. The van der Waals surface area contributed by atoms with Gasteiger partial charge >= 0.3 is 0 Å². The second-order valence-corrected chi connectivity index (χ2v) is 6.97. The Morgan fingerprint density at radius 3 is 2.63 bits per heavy atom. The van der Waals surface area contributed by atoms with Gasteiger partial charge in [0.1, 0.15) is 18.0 Å². The second kappa shape index (κ2) is 8.69. The molecule has 0 spiro atoms. The van der Waals surface area contributed by atoms with E-state index >= 15 is 0 Å². The quantitative estimate of drug-likeness (QED) is 0.683. The topological polar surface area (TPSA) is 67.9 Å². The summed E-state index contributed by atoms with van der Waals surface area (Å²) < 4.78 is 10.9. The van der Waals surface area contributed by atoms with E-state index in [4.69, 9.17) is 9.47 Å². The van der Waals surface area contributed by atoms with Crippen LogP contribution in [0.2, 0.25) is 0 Å². The number of nitrogens with one attached hydrogen (secondary N) is 1. The zero-order chi connectivity index (χ0) is 20.9. The number of carbonyl (C=O) groups is 2. The highest BCUT2D eigenvalue weighted by Gasteiger charge is 2.27. The summed E-state index contributed by atoms with van der Waals surface area (Å²) in [6.07, 6.45) is 0.684. The normalized spacial score (nSPS) is 12.7. The molecule has 3 aromatic carbocycles. The van der Waals surface area contributed by atoms with Crippen LogP contribution < -0.4 is 19.7 Å². The molecule has 0 aliphatic carbocycles.